The van der Waals surface area contributed by atoms with E-state index < -0.39 is 27.1 Å². The molecule has 2 fully saturated rings. The van der Waals surface area contributed by atoms with Gasteiger partial charge in [-0.2, -0.15) is 0 Å². The first-order valence-electron chi connectivity index (χ1n) is 16.3. The molecule has 0 atom stereocenters. The van der Waals surface area contributed by atoms with Crippen LogP contribution in [0.1, 0.15) is 77.6 Å². The molecular formula is C41H38N2O4. The number of benzene rings is 4. The first-order valence-corrected chi connectivity index (χ1v) is 16.3. The van der Waals surface area contributed by atoms with Gasteiger partial charge in [-0.25, -0.2) is 9.80 Å². The molecule has 47 heavy (non-hydrogen) atoms. The molecule has 8 rings (SSSR count). The molecule has 2 aliphatic heterocycles. The minimum atomic E-state index is -0.873. The van der Waals surface area contributed by atoms with Crippen LogP contribution in [0.3, 0.4) is 0 Å². The molecule has 0 radical (unpaired) electrons. The Morgan fingerprint density at radius 1 is 0.383 bits per heavy atom. The number of amides is 4. The van der Waals surface area contributed by atoms with Gasteiger partial charge < -0.3 is 0 Å². The van der Waals surface area contributed by atoms with Gasteiger partial charge in [-0.3, -0.25) is 19.2 Å². The lowest BCUT2D eigenvalue weighted by Crippen LogP contribution is -2.35. The molecule has 4 aromatic carbocycles. The van der Waals surface area contributed by atoms with E-state index in [0.29, 0.717) is 11.4 Å². The topological polar surface area (TPSA) is 74.8 Å². The molecule has 0 unspecified atom stereocenters. The third-order valence-corrected chi connectivity index (χ3v) is 12.6. The summed E-state index contributed by atoms with van der Waals surface area (Å²) in [7, 11) is 0. The van der Waals surface area contributed by atoms with Crippen LogP contribution in [0.4, 0.5) is 11.4 Å². The Kier molecular flexibility index (Phi) is 5.49. The van der Waals surface area contributed by atoms with Crippen molar-refractivity contribution < 1.29 is 19.2 Å². The highest BCUT2D eigenvalue weighted by molar-refractivity contribution is 6.26. The van der Waals surface area contributed by atoms with Crippen LogP contribution in [0.15, 0.2) is 84.9 Å². The average Bonchev–Trinajstić information content (AvgIpc) is 3.58. The Labute approximate surface area is 275 Å². The minimum Gasteiger partial charge on any atom is -0.273 e. The molecule has 0 aromatic heterocycles. The van der Waals surface area contributed by atoms with Gasteiger partial charge in [-0.1, -0.05) is 60.7 Å². The van der Waals surface area contributed by atoms with Gasteiger partial charge in [-0.05, 0) is 124 Å². The number of hydrogen-bond donors (Lipinski definition) is 0. The fourth-order valence-electron chi connectivity index (χ4n) is 8.23. The highest BCUT2D eigenvalue weighted by atomic mass is 16.2. The summed E-state index contributed by atoms with van der Waals surface area (Å²) >= 11 is 0. The van der Waals surface area contributed by atoms with E-state index in [1.54, 1.807) is 0 Å². The molecule has 0 bridgehead atoms. The lowest BCUT2D eigenvalue weighted by atomic mass is 9.70. The average molecular weight is 623 g/mol. The van der Waals surface area contributed by atoms with E-state index in [1.165, 1.54) is 9.80 Å². The second kappa shape index (κ2) is 8.74. The number of carbonyl (C=O) groups excluding carboxylic acids is 4. The first kappa shape index (κ1) is 29.6. The number of fused-ring (bicyclic) bond motifs is 10. The molecule has 4 amide bonds. The van der Waals surface area contributed by atoms with Crippen molar-refractivity contribution in [2.24, 2.45) is 21.7 Å². The van der Waals surface area contributed by atoms with Crippen LogP contribution in [-0.4, -0.2) is 23.6 Å². The van der Waals surface area contributed by atoms with Crippen LogP contribution in [0.25, 0.3) is 22.3 Å². The monoisotopic (exact) mass is 622 g/mol. The van der Waals surface area contributed by atoms with E-state index in [-0.39, 0.29) is 23.6 Å². The Bertz CT molecular complexity index is 1950. The summed E-state index contributed by atoms with van der Waals surface area (Å²) < 4.78 is 0. The second-order valence-corrected chi connectivity index (χ2v) is 15.7. The molecule has 1 spiro atoms. The fourth-order valence-corrected chi connectivity index (χ4v) is 8.23. The Balaban J connectivity index is 1.42. The van der Waals surface area contributed by atoms with E-state index in [2.05, 4.69) is 24.3 Å². The maximum atomic E-state index is 13.9. The second-order valence-electron chi connectivity index (χ2n) is 15.7. The van der Waals surface area contributed by atoms with Crippen molar-refractivity contribution in [2.75, 3.05) is 9.80 Å². The highest BCUT2D eigenvalue weighted by Crippen LogP contribution is 2.64. The van der Waals surface area contributed by atoms with E-state index in [1.807, 2.05) is 116 Å². The van der Waals surface area contributed by atoms with Gasteiger partial charge in [0, 0.05) is 0 Å². The molecule has 4 aromatic rings. The predicted molar refractivity (Wildman–Crippen MR) is 183 cm³/mol. The van der Waals surface area contributed by atoms with Crippen molar-refractivity contribution >= 4 is 35.0 Å². The Morgan fingerprint density at radius 3 is 1.02 bits per heavy atom. The van der Waals surface area contributed by atoms with Gasteiger partial charge in [0.05, 0.1) is 38.4 Å². The van der Waals surface area contributed by atoms with Crippen LogP contribution in [0.2, 0.25) is 0 Å². The zero-order chi connectivity index (χ0) is 33.6. The van der Waals surface area contributed by atoms with Gasteiger partial charge in [0.15, 0.2) is 0 Å². The number of hydrogen-bond acceptors (Lipinski definition) is 4. The highest BCUT2D eigenvalue weighted by Gasteiger charge is 2.61. The van der Waals surface area contributed by atoms with Crippen molar-refractivity contribution in [1.82, 2.24) is 0 Å². The van der Waals surface area contributed by atoms with Crippen molar-refractivity contribution in [2.45, 2.75) is 60.8 Å². The molecule has 4 aliphatic rings. The molecule has 6 heteroatoms. The molecule has 6 nitrogen and oxygen atoms in total. The lowest BCUT2D eigenvalue weighted by molar-refractivity contribution is -0.129. The van der Waals surface area contributed by atoms with E-state index >= 15 is 0 Å². The number of nitrogens with zero attached hydrogens (tertiary/aromatic N) is 2. The van der Waals surface area contributed by atoms with Gasteiger partial charge in [0.2, 0.25) is 23.6 Å². The van der Waals surface area contributed by atoms with Crippen LogP contribution in [-0.2, 0) is 24.6 Å². The van der Waals surface area contributed by atoms with E-state index in [9.17, 15) is 19.2 Å². The maximum Gasteiger partial charge on any atom is 0.240 e. The fraction of sp³-hybridized carbons (Fsp3) is 0.317. The molecule has 2 aliphatic carbocycles. The normalized spacial score (nSPS) is 21.7. The molecule has 0 N–H and O–H groups in total. The summed E-state index contributed by atoms with van der Waals surface area (Å²) in [5.74, 6) is -0.878. The van der Waals surface area contributed by atoms with Crippen LogP contribution in [0, 0.1) is 21.7 Å². The third-order valence-electron chi connectivity index (χ3n) is 12.6. The SMILES string of the molecule is CC1(C)C(=O)N(c2ccc3c(c2)C2(c4ccccc4-3)c3ccccc3-c3ccc(N4C(=O)C(C)(C)C(C)(C)C4=O)cc32)C(=O)C1(C)C. The zero-order valence-corrected chi connectivity index (χ0v) is 28.1. The van der Waals surface area contributed by atoms with Gasteiger partial charge >= 0.3 is 0 Å². The molecule has 2 heterocycles. The number of carbonyl (C=O) groups is 4. The van der Waals surface area contributed by atoms with Crippen LogP contribution < -0.4 is 9.80 Å². The summed E-state index contributed by atoms with van der Waals surface area (Å²) in [4.78, 5) is 58.2. The summed E-state index contributed by atoms with van der Waals surface area (Å²) in [5.41, 5.74) is 5.03. The third kappa shape index (κ3) is 3.17. The first-order chi connectivity index (χ1) is 22.0. The van der Waals surface area contributed by atoms with Crippen molar-refractivity contribution in [3.8, 4) is 22.3 Å². The summed E-state index contributed by atoms with van der Waals surface area (Å²) in [6.45, 7) is 14.7. The smallest absolute Gasteiger partial charge is 0.240 e. The quantitative estimate of drug-likeness (QED) is 0.184. The minimum absolute atomic E-state index is 0.220. The van der Waals surface area contributed by atoms with Crippen LogP contribution >= 0.6 is 0 Å². The summed E-state index contributed by atoms with van der Waals surface area (Å²) in [5, 5.41) is 0. The van der Waals surface area contributed by atoms with E-state index in [0.717, 1.165) is 44.5 Å². The molecule has 236 valence electrons. The van der Waals surface area contributed by atoms with Crippen LogP contribution in [0.5, 0.6) is 0 Å². The largest absolute Gasteiger partial charge is 0.273 e. The number of rotatable bonds is 2. The lowest BCUT2D eigenvalue weighted by Gasteiger charge is -2.32. The summed E-state index contributed by atoms with van der Waals surface area (Å²) in [6.07, 6.45) is 0. The molecule has 2 saturated heterocycles. The number of anilines is 2. The van der Waals surface area contributed by atoms with E-state index in [4.69, 9.17) is 0 Å². The Morgan fingerprint density at radius 2 is 0.681 bits per heavy atom. The van der Waals surface area contributed by atoms with Gasteiger partial charge in [-0.15, -0.1) is 0 Å². The number of imide groups is 2. The zero-order valence-electron chi connectivity index (χ0n) is 28.1. The van der Waals surface area contributed by atoms with Crippen molar-refractivity contribution in [3.05, 3.63) is 107 Å². The van der Waals surface area contributed by atoms with Crippen molar-refractivity contribution in [3.63, 3.8) is 0 Å². The predicted octanol–water partition coefficient (Wildman–Crippen LogP) is 7.88. The standard InChI is InChI=1S/C41H38N2O4/c1-37(2)33(44)42(34(45)38(37,3)4)23-17-19-27-25-13-9-11-15-29(25)41(31(27)21-23)30-16-12-10-14-26(30)28-20-18-24(22-32(28)41)43-35(46)39(5,6)40(7,8)36(43)47/h9-22H,1-8H3. The van der Waals surface area contributed by atoms with Gasteiger partial charge in [0.25, 0.3) is 0 Å². The maximum absolute atomic E-state index is 13.9. The summed E-state index contributed by atoms with van der Waals surface area (Å²) in [6, 6.07) is 28.5. The van der Waals surface area contributed by atoms with Crippen molar-refractivity contribution in [1.29, 1.82) is 0 Å². The van der Waals surface area contributed by atoms with Gasteiger partial charge in [0.1, 0.15) is 0 Å². The Hall–Kier alpha value is -4.84. The molecule has 0 saturated carbocycles. The molecular weight excluding hydrogens is 584 g/mol.